The average molecular weight is 259 g/mol. The van der Waals surface area contributed by atoms with Gasteiger partial charge in [-0.15, -0.1) is 0 Å². The highest BCUT2D eigenvalue weighted by atomic mass is 16.5. The molecule has 0 spiro atoms. The van der Waals surface area contributed by atoms with Crippen LogP contribution >= 0.6 is 0 Å². The Morgan fingerprint density at radius 2 is 2.05 bits per heavy atom. The molecule has 0 saturated heterocycles. The number of ether oxygens (including phenoxy) is 1. The van der Waals surface area contributed by atoms with Gasteiger partial charge in [-0.05, 0) is 32.9 Å². The minimum Gasteiger partial charge on any atom is -0.462 e. The van der Waals surface area contributed by atoms with Crippen LogP contribution in [-0.2, 0) is 11.8 Å². The zero-order valence-electron chi connectivity index (χ0n) is 11.6. The molecule has 5 heteroatoms. The Bertz CT molecular complexity index is 617. The van der Waals surface area contributed by atoms with Crippen LogP contribution in [0.5, 0.6) is 0 Å². The van der Waals surface area contributed by atoms with Crippen molar-refractivity contribution < 1.29 is 9.53 Å². The van der Waals surface area contributed by atoms with Gasteiger partial charge in [0.25, 0.3) is 0 Å². The van der Waals surface area contributed by atoms with Crippen molar-refractivity contribution in [3.05, 3.63) is 35.3 Å². The summed E-state index contributed by atoms with van der Waals surface area (Å²) in [6, 6.07) is 3.57. The van der Waals surface area contributed by atoms with Crippen LogP contribution in [0.25, 0.3) is 11.3 Å². The second kappa shape index (κ2) is 5.22. The Morgan fingerprint density at radius 3 is 2.58 bits per heavy atom. The van der Waals surface area contributed by atoms with Crippen molar-refractivity contribution in [2.24, 2.45) is 7.05 Å². The minimum absolute atomic E-state index is 0.332. The zero-order valence-corrected chi connectivity index (χ0v) is 11.6. The molecule has 2 aromatic rings. The highest BCUT2D eigenvalue weighted by Crippen LogP contribution is 2.21. The topological polar surface area (TPSA) is 57.0 Å². The lowest BCUT2D eigenvalue weighted by Gasteiger charge is -2.06. The maximum absolute atomic E-state index is 11.7. The van der Waals surface area contributed by atoms with E-state index >= 15 is 0 Å². The first kappa shape index (κ1) is 13.3. The molecule has 19 heavy (non-hydrogen) atoms. The van der Waals surface area contributed by atoms with Gasteiger partial charge in [0.15, 0.2) is 0 Å². The van der Waals surface area contributed by atoms with Gasteiger partial charge in [-0.25, -0.2) is 4.79 Å². The summed E-state index contributed by atoms with van der Waals surface area (Å²) in [4.78, 5) is 16.2. The van der Waals surface area contributed by atoms with Crippen LogP contribution in [0.2, 0.25) is 0 Å². The average Bonchev–Trinajstić information content (AvgIpc) is 2.68. The fourth-order valence-corrected chi connectivity index (χ4v) is 1.99. The molecule has 0 radical (unpaired) electrons. The van der Waals surface area contributed by atoms with Gasteiger partial charge in [0.2, 0.25) is 0 Å². The van der Waals surface area contributed by atoms with Crippen LogP contribution < -0.4 is 0 Å². The molecule has 100 valence electrons. The number of hydrogen-bond acceptors (Lipinski definition) is 4. The van der Waals surface area contributed by atoms with E-state index in [9.17, 15) is 4.79 Å². The molecule has 0 aromatic carbocycles. The molecule has 2 rings (SSSR count). The van der Waals surface area contributed by atoms with Crippen LogP contribution in [0.15, 0.2) is 18.3 Å². The second-order valence-electron chi connectivity index (χ2n) is 4.35. The van der Waals surface area contributed by atoms with Gasteiger partial charge in [0.05, 0.1) is 29.3 Å². The first-order chi connectivity index (χ1) is 9.02. The third kappa shape index (κ3) is 2.65. The lowest BCUT2D eigenvalue weighted by atomic mass is 10.1. The van der Waals surface area contributed by atoms with Crippen molar-refractivity contribution in [2.45, 2.75) is 20.8 Å². The number of nitrogens with zero attached hydrogens (tertiary/aromatic N) is 3. The van der Waals surface area contributed by atoms with Crippen LogP contribution in [-0.4, -0.2) is 27.3 Å². The standard InChI is InChI=1S/C14H17N3O2/c1-5-19-14(18)11-6-7-13(15-9(11)2)12-8-17(4)16-10(12)3/h6-8H,5H2,1-4H3. The number of hydrogen-bond donors (Lipinski definition) is 0. The SMILES string of the molecule is CCOC(=O)c1ccc(-c2cn(C)nc2C)nc1C. The van der Waals surface area contributed by atoms with E-state index in [1.54, 1.807) is 24.6 Å². The van der Waals surface area contributed by atoms with Crippen LogP contribution in [0.3, 0.4) is 0 Å². The molecule has 0 fully saturated rings. The van der Waals surface area contributed by atoms with E-state index in [0.29, 0.717) is 17.9 Å². The predicted molar refractivity (Wildman–Crippen MR) is 71.9 cm³/mol. The highest BCUT2D eigenvalue weighted by Gasteiger charge is 2.14. The van der Waals surface area contributed by atoms with Gasteiger partial charge >= 0.3 is 5.97 Å². The summed E-state index contributed by atoms with van der Waals surface area (Å²) in [5, 5.41) is 4.29. The minimum atomic E-state index is -0.332. The van der Waals surface area contributed by atoms with Crippen molar-refractivity contribution in [2.75, 3.05) is 6.61 Å². The molecular weight excluding hydrogens is 242 g/mol. The fraction of sp³-hybridized carbons (Fsp3) is 0.357. The van der Waals surface area contributed by atoms with Crippen molar-refractivity contribution in [3.8, 4) is 11.3 Å². The Labute approximate surface area is 112 Å². The second-order valence-corrected chi connectivity index (χ2v) is 4.35. The Hall–Kier alpha value is -2.17. The van der Waals surface area contributed by atoms with E-state index < -0.39 is 0 Å². The van der Waals surface area contributed by atoms with Crippen molar-refractivity contribution in [1.29, 1.82) is 0 Å². The molecule has 0 unspecified atom stereocenters. The molecule has 2 heterocycles. The van der Waals surface area contributed by atoms with Crippen LogP contribution in [0, 0.1) is 13.8 Å². The first-order valence-electron chi connectivity index (χ1n) is 6.18. The summed E-state index contributed by atoms with van der Waals surface area (Å²) < 4.78 is 6.74. The maximum atomic E-state index is 11.7. The number of rotatable bonds is 3. The van der Waals surface area contributed by atoms with Crippen molar-refractivity contribution in [3.63, 3.8) is 0 Å². The normalized spacial score (nSPS) is 10.5. The van der Waals surface area contributed by atoms with Gasteiger partial charge in [0, 0.05) is 18.8 Å². The Balaban J connectivity index is 2.39. The van der Waals surface area contributed by atoms with E-state index in [4.69, 9.17) is 4.74 Å². The summed E-state index contributed by atoms with van der Waals surface area (Å²) >= 11 is 0. The summed E-state index contributed by atoms with van der Waals surface area (Å²) in [5.41, 5.74) is 3.88. The molecule has 0 amide bonds. The summed E-state index contributed by atoms with van der Waals surface area (Å²) in [6.45, 7) is 5.89. The smallest absolute Gasteiger partial charge is 0.339 e. The molecule has 0 atom stereocenters. The van der Waals surface area contributed by atoms with Gasteiger partial charge in [-0.2, -0.15) is 5.10 Å². The molecule has 5 nitrogen and oxygen atoms in total. The third-order valence-electron chi connectivity index (χ3n) is 2.87. The number of esters is 1. The van der Waals surface area contributed by atoms with E-state index in [-0.39, 0.29) is 5.97 Å². The number of pyridine rings is 1. The van der Waals surface area contributed by atoms with Crippen molar-refractivity contribution >= 4 is 5.97 Å². The van der Waals surface area contributed by atoms with E-state index in [1.807, 2.05) is 26.2 Å². The number of aryl methyl sites for hydroxylation is 3. The summed E-state index contributed by atoms with van der Waals surface area (Å²) in [5.74, 6) is -0.332. The first-order valence-corrected chi connectivity index (χ1v) is 6.18. The maximum Gasteiger partial charge on any atom is 0.339 e. The Kier molecular flexibility index (Phi) is 3.64. The van der Waals surface area contributed by atoms with E-state index in [1.165, 1.54) is 0 Å². The van der Waals surface area contributed by atoms with Crippen LogP contribution in [0.4, 0.5) is 0 Å². The highest BCUT2D eigenvalue weighted by molar-refractivity contribution is 5.90. The monoisotopic (exact) mass is 259 g/mol. The predicted octanol–water partition coefficient (Wildman–Crippen LogP) is 2.28. The molecule has 0 aliphatic carbocycles. The largest absolute Gasteiger partial charge is 0.462 e. The lowest BCUT2D eigenvalue weighted by Crippen LogP contribution is -2.08. The lowest BCUT2D eigenvalue weighted by molar-refractivity contribution is 0.0525. The molecule has 0 N–H and O–H groups in total. The van der Waals surface area contributed by atoms with Gasteiger partial charge < -0.3 is 4.74 Å². The number of carbonyl (C=O) groups is 1. The number of carbonyl (C=O) groups excluding carboxylic acids is 1. The van der Waals surface area contributed by atoms with Gasteiger partial charge in [0.1, 0.15) is 0 Å². The molecule has 0 saturated carbocycles. The Morgan fingerprint density at radius 1 is 1.32 bits per heavy atom. The van der Waals surface area contributed by atoms with Crippen molar-refractivity contribution in [1.82, 2.24) is 14.8 Å². The summed E-state index contributed by atoms with van der Waals surface area (Å²) in [6.07, 6.45) is 1.92. The van der Waals surface area contributed by atoms with Gasteiger partial charge in [-0.1, -0.05) is 0 Å². The summed E-state index contributed by atoms with van der Waals surface area (Å²) in [7, 11) is 1.87. The quantitative estimate of drug-likeness (QED) is 0.793. The molecule has 0 aliphatic rings. The van der Waals surface area contributed by atoms with E-state index in [0.717, 1.165) is 17.0 Å². The number of aromatic nitrogens is 3. The molecule has 0 aliphatic heterocycles. The zero-order chi connectivity index (χ0) is 14.0. The molecule has 2 aromatic heterocycles. The third-order valence-corrected chi connectivity index (χ3v) is 2.87. The molecular formula is C14H17N3O2. The van der Waals surface area contributed by atoms with Crippen LogP contribution in [0.1, 0.15) is 28.7 Å². The van der Waals surface area contributed by atoms with E-state index in [2.05, 4.69) is 10.1 Å². The fourth-order valence-electron chi connectivity index (χ4n) is 1.99. The van der Waals surface area contributed by atoms with Gasteiger partial charge in [-0.3, -0.25) is 9.67 Å². The molecule has 0 bridgehead atoms.